The Kier molecular flexibility index (Phi) is 3.13. The fourth-order valence-electron chi connectivity index (χ4n) is 3.08. The summed E-state index contributed by atoms with van der Waals surface area (Å²) < 4.78 is 0. The Bertz CT molecular complexity index is 185. The first-order valence-electron chi connectivity index (χ1n) is 6.15. The molecule has 0 spiro atoms. The second-order valence-electron chi connectivity index (χ2n) is 5.53. The van der Waals surface area contributed by atoms with Gasteiger partial charge in [-0.05, 0) is 51.6 Å². The van der Waals surface area contributed by atoms with Crippen LogP contribution in [0.2, 0.25) is 0 Å². The fraction of sp³-hybridized carbons (Fsp3) is 1.00. The minimum Gasteiger partial charge on any atom is -0.325 e. The lowest BCUT2D eigenvalue weighted by atomic mass is 9.88. The first-order valence-corrected chi connectivity index (χ1v) is 6.15. The second kappa shape index (κ2) is 4.19. The van der Waals surface area contributed by atoms with Gasteiger partial charge < -0.3 is 10.6 Å². The molecule has 0 aromatic heterocycles. The smallest absolute Gasteiger partial charge is 0.0154 e. The Morgan fingerprint density at radius 3 is 2.64 bits per heavy atom. The lowest BCUT2D eigenvalue weighted by molar-refractivity contribution is 0.335. The van der Waals surface area contributed by atoms with Crippen molar-refractivity contribution in [2.24, 2.45) is 11.7 Å². The van der Waals surface area contributed by atoms with Crippen molar-refractivity contribution in [1.29, 1.82) is 0 Å². The molecule has 2 N–H and O–H groups in total. The van der Waals surface area contributed by atoms with Crippen LogP contribution in [0.4, 0.5) is 0 Å². The molecule has 1 heterocycles. The van der Waals surface area contributed by atoms with Crippen molar-refractivity contribution < 1.29 is 0 Å². The van der Waals surface area contributed by atoms with Gasteiger partial charge in [0.25, 0.3) is 0 Å². The maximum Gasteiger partial charge on any atom is 0.0154 e. The number of hydrogen-bond donors (Lipinski definition) is 1. The number of rotatable bonds is 3. The van der Waals surface area contributed by atoms with Gasteiger partial charge in [-0.2, -0.15) is 0 Å². The van der Waals surface area contributed by atoms with E-state index in [-0.39, 0.29) is 5.54 Å². The summed E-state index contributed by atoms with van der Waals surface area (Å²) in [5, 5.41) is 0. The van der Waals surface area contributed by atoms with Crippen LogP contribution in [-0.2, 0) is 0 Å². The third kappa shape index (κ3) is 2.48. The quantitative estimate of drug-likeness (QED) is 0.748. The summed E-state index contributed by atoms with van der Waals surface area (Å²) in [6.45, 7) is 2.60. The summed E-state index contributed by atoms with van der Waals surface area (Å²) in [5.74, 6) is 0.932. The van der Waals surface area contributed by atoms with E-state index in [1.54, 1.807) is 0 Å². The van der Waals surface area contributed by atoms with E-state index in [4.69, 9.17) is 5.73 Å². The molecule has 0 amide bonds. The number of nitrogens with zero attached hydrogens (tertiary/aromatic N) is 1. The number of nitrogens with two attached hydrogens (primary N) is 1. The molecule has 2 heteroatoms. The second-order valence-corrected chi connectivity index (χ2v) is 5.53. The molecular formula is C12H24N2. The van der Waals surface area contributed by atoms with Gasteiger partial charge in [0.2, 0.25) is 0 Å². The highest BCUT2D eigenvalue weighted by Gasteiger charge is 2.30. The predicted molar refractivity (Wildman–Crippen MR) is 60.2 cm³/mol. The van der Waals surface area contributed by atoms with Crippen LogP contribution < -0.4 is 5.73 Å². The molecule has 1 saturated heterocycles. The average Bonchev–Trinajstić information content (AvgIpc) is 2.73. The molecule has 1 saturated carbocycles. The van der Waals surface area contributed by atoms with E-state index in [1.807, 2.05) is 0 Å². The molecule has 82 valence electrons. The van der Waals surface area contributed by atoms with Crippen LogP contribution in [-0.4, -0.2) is 30.6 Å². The van der Waals surface area contributed by atoms with Crippen molar-refractivity contribution in [3.63, 3.8) is 0 Å². The summed E-state index contributed by atoms with van der Waals surface area (Å²) in [5.41, 5.74) is 6.58. The lowest BCUT2D eigenvalue weighted by Gasteiger charge is -2.25. The van der Waals surface area contributed by atoms with Crippen molar-refractivity contribution in [2.45, 2.75) is 50.5 Å². The molecule has 0 radical (unpaired) electrons. The lowest BCUT2D eigenvalue weighted by Crippen LogP contribution is -2.36. The molecule has 0 aromatic carbocycles. The normalized spacial score (nSPS) is 32.6. The molecular weight excluding hydrogens is 172 g/mol. The Balaban J connectivity index is 1.71. The largest absolute Gasteiger partial charge is 0.325 e. The summed E-state index contributed by atoms with van der Waals surface area (Å²) >= 11 is 0. The van der Waals surface area contributed by atoms with E-state index >= 15 is 0 Å². The highest BCUT2D eigenvalue weighted by atomic mass is 15.1. The number of likely N-dealkylation sites (tertiary alicyclic amines) is 1. The molecule has 1 atom stereocenters. The minimum atomic E-state index is 0.223. The molecule has 0 bridgehead atoms. The molecule has 2 aliphatic rings. The first kappa shape index (κ1) is 10.4. The van der Waals surface area contributed by atoms with Crippen LogP contribution in [0.5, 0.6) is 0 Å². The van der Waals surface area contributed by atoms with Crippen LogP contribution in [0.1, 0.15) is 44.9 Å². The summed E-state index contributed by atoms with van der Waals surface area (Å²) in [7, 11) is 2.23. The maximum atomic E-state index is 6.36. The van der Waals surface area contributed by atoms with Crippen molar-refractivity contribution in [3.8, 4) is 0 Å². The average molecular weight is 196 g/mol. The van der Waals surface area contributed by atoms with Gasteiger partial charge in [-0.15, -0.1) is 0 Å². The first-order chi connectivity index (χ1) is 6.68. The van der Waals surface area contributed by atoms with Gasteiger partial charge in [0.05, 0.1) is 0 Å². The molecule has 2 rings (SSSR count). The number of hydrogen-bond acceptors (Lipinski definition) is 2. The predicted octanol–water partition coefficient (Wildman–Crippen LogP) is 1.99. The molecule has 1 unspecified atom stereocenters. The van der Waals surface area contributed by atoms with E-state index in [0.29, 0.717) is 0 Å². The van der Waals surface area contributed by atoms with Gasteiger partial charge in [-0.25, -0.2) is 0 Å². The van der Waals surface area contributed by atoms with E-state index in [2.05, 4.69) is 11.9 Å². The monoisotopic (exact) mass is 196 g/mol. The van der Waals surface area contributed by atoms with Crippen molar-refractivity contribution in [2.75, 3.05) is 20.1 Å². The van der Waals surface area contributed by atoms with Crippen molar-refractivity contribution in [1.82, 2.24) is 4.90 Å². The highest BCUT2D eigenvalue weighted by molar-refractivity contribution is 4.90. The molecule has 2 nitrogen and oxygen atoms in total. The Morgan fingerprint density at radius 2 is 2.07 bits per heavy atom. The van der Waals surface area contributed by atoms with Gasteiger partial charge in [-0.3, -0.25) is 0 Å². The molecule has 1 aliphatic heterocycles. The Hall–Kier alpha value is -0.0800. The van der Waals surface area contributed by atoms with E-state index in [9.17, 15) is 0 Å². The molecule has 14 heavy (non-hydrogen) atoms. The molecule has 1 aliphatic carbocycles. The summed E-state index contributed by atoms with van der Waals surface area (Å²) in [6, 6.07) is 0. The fourth-order valence-corrected chi connectivity index (χ4v) is 3.08. The zero-order valence-corrected chi connectivity index (χ0v) is 9.47. The SMILES string of the molecule is CN1CCC(CCC2(N)CCCC2)C1. The minimum absolute atomic E-state index is 0.223. The standard InChI is InChI=1S/C12H24N2/c1-14-9-5-11(10-14)4-8-12(13)6-2-3-7-12/h11H,2-10,13H2,1H3. The van der Waals surface area contributed by atoms with E-state index in [0.717, 1.165) is 5.92 Å². The van der Waals surface area contributed by atoms with Gasteiger partial charge in [0.1, 0.15) is 0 Å². The van der Waals surface area contributed by atoms with Crippen LogP contribution in [0.15, 0.2) is 0 Å². The zero-order valence-electron chi connectivity index (χ0n) is 9.47. The summed E-state index contributed by atoms with van der Waals surface area (Å²) in [6.07, 6.45) is 9.30. The van der Waals surface area contributed by atoms with Gasteiger partial charge in [0, 0.05) is 12.1 Å². The van der Waals surface area contributed by atoms with Crippen molar-refractivity contribution >= 4 is 0 Å². The van der Waals surface area contributed by atoms with E-state index < -0.39 is 0 Å². The Morgan fingerprint density at radius 1 is 1.36 bits per heavy atom. The van der Waals surface area contributed by atoms with Gasteiger partial charge >= 0.3 is 0 Å². The van der Waals surface area contributed by atoms with E-state index in [1.165, 1.54) is 58.0 Å². The van der Waals surface area contributed by atoms with Crippen LogP contribution in [0.3, 0.4) is 0 Å². The third-order valence-electron chi connectivity index (χ3n) is 4.14. The molecule has 0 aromatic rings. The van der Waals surface area contributed by atoms with Crippen LogP contribution in [0.25, 0.3) is 0 Å². The third-order valence-corrected chi connectivity index (χ3v) is 4.14. The summed E-state index contributed by atoms with van der Waals surface area (Å²) in [4.78, 5) is 2.45. The van der Waals surface area contributed by atoms with Gasteiger partial charge in [0.15, 0.2) is 0 Å². The topological polar surface area (TPSA) is 29.3 Å². The van der Waals surface area contributed by atoms with Crippen LogP contribution >= 0.6 is 0 Å². The van der Waals surface area contributed by atoms with Crippen LogP contribution in [0, 0.1) is 5.92 Å². The molecule has 2 fully saturated rings. The zero-order chi connectivity index (χ0) is 10.0. The Labute approximate surface area is 87.8 Å². The highest BCUT2D eigenvalue weighted by Crippen LogP contribution is 2.33. The van der Waals surface area contributed by atoms with Gasteiger partial charge in [-0.1, -0.05) is 12.8 Å². The van der Waals surface area contributed by atoms with Crippen molar-refractivity contribution in [3.05, 3.63) is 0 Å². The maximum absolute atomic E-state index is 6.36.